The number of benzene rings is 3. The maximum absolute atomic E-state index is 13.3. The summed E-state index contributed by atoms with van der Waals surface area (Å²) in [5.74, 6) is 4.86. The molecule has 0 heterocycles. The van der Waals surface area contributed by atoms with Crippen molar-refractivity contribution in [3.63, 3.8) is 0 Å². The van der Waals surface area contributed by atoms with Crippen LogP contribution in [-0.4, -0.2) is 29.9 Å². The van der Waals surface area contributed by atoms with Crippen LogP contribution in [-0.2, 0) is 12.6 Å². The smallest absolute Gasteiger partial charge is 0.417 e. The molecule has 3 rings (SSSR count). The summed E-state index contributed by atoms with van der Waals surface area (Å²) in [6, 6.07) is 14.2. The normalized spacial score (nSPS) is 10.8. The number of halogens is 3. The number of hydrogen-bond donors (Lipinski definition) is 2. The van der Waals surface area contributed by atoms with E-state index in [1.165, 1.54) is 18.2 Å². The van der Waals surface area contributed by atoms with Crippen LogP contribution in [0.5, 0.6) is 17.2 Å². The zero-order chi connectivity index (χ0) is 24.7. The van der Waals surface area contributed by atoms with E-state index in [0.29, 0.717) is 48.1 Å². The molecule has 0 saturated carbocycles. The highest BCUT2D eigenvalue weighted by Gasteiger charge is 2.33. The van der Waals surface area contributed by atoms with Gasteiger partial charge in [-0.15, -0.1) is 0 Å². The summed E-state index contributed by atoms with van der Waals surface area (Å²) < 4.78 is 50.8. The molecule has 0 aromatic heterocycles. The van der Waals surface area contributed by atoms with Crippen LogP contribution in [0.2, 0.25) is 0 Å². The third-order valence-electron chi connectivity index (χ3n) is 4.89. The largest absolute Gasteiger partial charge is 0.508 e. The zero-order valence-corrected chi connectivity index (χ0v) is 18.1. The number of methoxy groups -OCH3 is 1. The maximum atomic E-state index is 13.3. The lowest BCUT2D eigenvalue weighted by Gasteiger charge is -2.10. The van der Waals surface area contributed by atoms with Gasteiger partial charge in [0.25, 0.3) is 0 Å². The fourth-order valence-corrected chi connectivity index (χ4v) is 3.21. The van der Waals surface area contributed by atoms with Gasteiger partial charge in [-0.05, 0) is 66.9 Å². The first kappa shape index (κ1) is 24.5. The van der Waals surface area contributed by atoms with E-state index in [0.717, 1.165) is 12.1 Å². The van der Waals surface area contributed by atoms with Crippen molar-refractivity contribution in [2.75, 3.05) is 13.7 Å². The Hall–Kier alpha value is -4.12. The van der Waals surface area contributed by atoms with Crippen LogP contribution in [0.1, 0.15) is 39.0 Å². The van der Waals surface area contributed by atoms with Gasteiger partial charge < -0.3 is 19.7 Å². The fourth-order valence-electron chi connectivity index (χ4n) is 3.21. The number of hydrogen-bond acceptors (Lipinski definition) is 4. The van der Waals surface area contributed by atoms with Gasteiger partial charge in [-0.1, -0.05) is 17.9 Å². The molecule has 34 heavy (non-hydrogen) atoms. The lowest BCUT2D eigenvalue weighted by atomic mass is 9.99. The van der Waals surface area contributed by atoms with Crippen LogP contribution >= 0.6 is 0 Å². The van der Waals surface area contributed by atoms with E-state index in [2.05, 4.69) is 11.8 Å². The Morgan fingerprint density at radius 1 is 0.971 bits per heavy atom. The van der Waals surface area contributed by atoms with E-state index in [1.54, 1.807) is 31.4 Å². The van der Waals surface area contributed by atoms with E-state index < -0.39 is 23.5 Å². The van der Waals surface area contributed by atoms with Crippen molar-refractivity contribution < 1.29 is 37.7 Å². The van der Waals surface area contributed by atoms with Crippen LogP contribution in [0.25, 0.3) is 0 Å². The summed E-state index contributed by atoms with van der Waals surface area (Å²) in [7, 11) is 1.55. The third-order valence-corrected chi connectivity index (χ3v) is 4.89. The molecule has 0 aliphatic carbocycles. The minimum Gasteiger partial charge on any atom is -0.508 e. The Kier molecular flexibility index (Phi) is 7.69. The van der Waals surface area contributed by atoms with Crippen molar-refractivity contribution in [2.24, 2.45) is 0 Å². The van der Waals surface area contributed by atoms with Crippen molar-refractivity contribution in [1.82, 2.24) is 0 Å². The Labute approximate surface area is 194 Å². The molecule has 0 unspecified atom stereocenters. The lowest BCUT2D eigenvalue weighted by Crippen LogP contribution is -2.07. The number of phenols is 1. The molecule has 0 aliphatic heterocycles. The van der Waals surface area contributed by atoms with E-state index in [4.69, 9.17) is 9.47 Å². The second kappa shape index (κ2) is 10.7. The predicted octanol–water partition coefficient (Wildman–Crippen LogP) is 5.53. The number of aromatic hydroxyl groups is 1. The second-order valence-corrected chi connectivity index (χ2v) is 7.29. The summed E-state index contributed by atoms with van der Waals surface area (Å²) in [6.45, 7) is 0.327. The molecule has 3 aromatic carbocycles. The van der Waals surface area contributed by atoms with Crippen molar-refractivity contribution in [3.05, 3.63) is 88.5 Å². The van der Waals surface area contributed by atoms with Gasteiger partial charge in [0.2, 0.25) is 0 Å². The first-order chi connectivity index (χ1) is 16.2. The molecule has 3 aromatic rings. The molecule has 0 amide bonds. The van der Waals surface area contributed by atoms with Gasteiger partial charge in [-0.3, -0.25) is 0 Å². The summed E-state index contributed by atoms with van der Waals surface area (Å²) in [5, 5.41) is 18.7. The summed E-state index contributed by atoms with van der Waals surface area (Å²) in [6.07, 6.45) is -3.77. The van der Waals surface area contributed by atoms with E-state index in [-0.39, 0.29) is 11.1 Å². The van der Waals surface area contributed by atoms with E-state index in [1.807, 2.05) is 0 Å². The third kappa shape index (κ3) is 6.45. The van der Waals surface area contributed by atoms with Crippen LogP contribution in [0.15, 0.2) is 60.7 Å². The number of aryl methyl sites for hydroxylation is 1. The van der Waals surface area contributed by atoms with Crippen LogP contribution < -0.4 is 9.47 Å². The molecule has 2 N–H and O–H groups in total. The average molecular weight is 470 g/mol. The van der Waals surface area contributed by atoms with E-state index in [9.17, 15) is 28.2 Å². The Balaban J connectivity index is 1.81. The van der Waals surface area contributed by atoms with Gasteiger partial charge in [-0.2, -0.15) is 13.2 Å². The number of alkyl halides is 3. The fraction of sp³-hybridized carbons (Fsp3) is 0.192. The minimum atomic E-state index is -4.68. The summed E-state index contributed by atoms with van der Waals surface area (Å²) in [4.78, 5) is 11.4. The van der Waals surface area contributed by atoms with Gasteiger partial charge in [-0.25, -0.2) is 4.79 Å². The molecule has 0 bridgehead atoms. The topological polar surface area (TPSA) is 76.0 Å². The number of aromatic carboxylic acids is 1. The standard InChI is InChI=1S/C26H21F3O5/c1-33-22-5-2-6-23(16-22)34-13-3-4-19-14-20(25(31)32)10-8-17(19)7-9-18-11-12-21(30)15-24(18)26(27,28)29/h2,5-6,8,10-12,14-16,30H,3-4,13H2,1H3,(H,31,32). The monoisotopic (exact) mass is 470 g/mol. The highest BCUT2D eigenvalue weighted by molar-refractivity contribution is 5.88. The average Bonchev–Trinajstić information content (AvgIpc) is 2.80. The number of carboxylic acid groups (broad SMARTS) is 1. The van der Waals surface area contributed by atoms with Crippen molar-refractivity contribution in [2.45, 2.75) is 19.0 Å². The first-order valence-electron chi connectivity index (χ1n) is 10.2. The highest BCUT2D eigenvalue weighted by atomic mass is 19.4. The zero-order valence-electron chi connectivity index (χ0n) is 18.1. The van der Waals surface area contributed by atoms with Crippen LogP contribution in [0.3, 0.4) is 0 Å². The Bertz CT molecular complexity index is 1240. The van der Waals surface area contributed by atoms with Crippen molar-refractivity contribution in [3.8, 4) is 29.1 Å². The van der Waals surface area contributed by atoms with Gasteiger partial charge in [0, 0.05) is 17.2 Å². The number of rotatable bonds is 7. The van der Waals surface area contributed by atoms with Crippen molar-refractivity contribution in [1.29, 1.82) is 0 Å². The van der Waals surface area contributed by atoms with Gasteiger partial charge >= 0.3 is 12.1 Å². The molecule has 0 aliphatic rings. The van der Waals surface area contributed by atoms with Gasteiger partial charge in [0.1, 0.15) is 17.2 Å². The first-order valence-corrected chi connectivity index (χ1v) is 10.2. The predicted molar refractivity (Wildman–Crippen MR) is 119 cm³/mol. The summed E-state index contributed by atoms with van der Waals surface area (Å²) >= 11 is 0. The van der Waals surface area contributed by atoms with Crippen LogP contribution in [0, 0.1) is 11.8 Å². The molecule has 0 fully saturated rings. The number of ether oxygens (including phenoxy) is 2. The molecular weight excluding hydrogens is 449 g/mol. The van der Waals surface area contributed by atoms with Gasteiger partial charge in [0.05, 0.1) is 24.8 Å². The Morgan fingerprint density at radius 3 is 2.38 bits per heavy atom. The number of carboxylic acids is 1. The molecule has 0 radical (unpaired) electrons. The molecular formula is C26H21F3O5. The molecule has 0 atom stereocenters. The van der Waals surface area contributed by atoms with Crippen LogP contribution in [0.4, 0.5) is 13.2 Å². The minimum absolute atomic E-state index is 0.0508. The maximum Gasteiger partial charge on any atom is 0.417 e. The molecule has 176 valence electrons. The summed E-state index contributed by atoms with van der Waals surface area (Å²) in [5.41, 5.74) is -0.299. The molecule has 0 saturated heterocycles. The number of carbonyl (C=O) groups is 1. The SMILES string of the molecule is COc1cccc(OCCCc2cc(C(=O)O)ccc2C#Cc2ccc(O)cc2C(F)(F)F)c1. The quantitative estimate of drug-likeness (QED) is 0.351. The lowest BCUT2D eigenvalue weighted by molar-refractivity contribution is -0.137. The Morgan fingerprint density at radius 2 is 1.68 bits per heavy atom. The molecule has 0 spiro atoms. The highest BCUT2D eigenvalue weighted by Crippen LogP contribution is 2.34. The van der Waals surface area contributed by atoms with Gasteiger partial charge in [0.15, 0.2) is 0 Å². The second-order valence-electron chi connectivity index (χ2n) is 7.29. The number of phenolic OH excluding ortho intramolecular Hbond substituents is 1. The molecule has 8 heteroatoms. The van der Waals surface area contributed by atoms with E-state index >= 15 is 0 Å². The molecule has 5 nitrogen and oxygen atoms in total. The van der Waals surface area contributed by atoms with Crippen molar-refractivity contribution >= 4 is 5.97 Å².